The van der Waals surface area contributed by atoms with E-state index in [1.54, 1.807) is 18.4 Å². The Morgan fingerprint density at radius 1 is 1.12 bits per heavy atom. The van der Waals surface area contributed by atoms with E-state index in [4.69, 9.17) is 21.8 Å². The van der Waals surface area contributed by atoms with E-state index in [1.165, 1.54) is 0 Å². The van der Waals surface area contributed by atoms with Gasteiger partial charge in [-0.3, -0.25) is 0 Å². The van der Waals surface area contributed by atoms with Gasteiger partial charge in [-0.15, -0.1) is 0 Å². The first-order valence-electron chi connectivity index (χ1n) is 5.01. The molecule has 5 heteroatoms. The molecule has 0 spiro atoms. The van der Waals surface area contributed by atoms with Crippen LogP contribution in [0, 0.1) is 0 Å². The van der Waals surface area contributed by atoms with Crippen LogP contribution in [-0.4, -0.2) is 9.97 Å². The molecule has 0 aliphatic rings. The summed E-state index contributed by atoms with van der Waals surface area (Å²) in [6.07, 6.45) is 1.59. The normalized spacial score (nSPS) is 10.9. The summed E-state index contributed by atoms with van der Waals surface area (Å²) in [4.78, 5) is 8.34. The van der Waals surface area contributed by atoms with Crippen molar-refractivity contribution in [2.45, 2.75) is 0 Å². The van der Waals surface area contributed by atoms with Crippen LogP contribution in [0.15, 0.2) is 41.0 Å². The molecule has 0 atom stereocenters. The van der Waals surface area contributed by atoms with Crippen LogP contribution in [0.2, 0.25) is 5.02 Å². The second kappa shape index (κ2) is 3.75. The third-order valence-corrected chi connectivity index (χ3v) is 2.75. The summed E-state index contributed by atoms with van der Waals surface area (Å²) >= 11 is 6.09. The molecule has 3 aromatic rings. The van der Waals surface area contributed by atoms with Crippen LogP contribution >= 0.6 is 11.6 Å². The number of aromatic nitrogens is 2. The van der Waals surface area contributed by atoms with Gasteiger partial charge in [0.05, 0.1) is 16.8 Å². The van der Waals surface area contributed by atoms with Crippen LogP contribution in [0.3, 0.4) is 0 Å². The van der Waals surface area contributed by atoms with Gasteiger partial charge in [-0.1, -0.05) is 23.7 Å². The third kappa shape index (κ3) is 1.62. The summed E-state index contributed by atoms with van der Waals surface area (Å²) in [7, 11) is 0. The Bertz CT molecular complexity index is 680. The Hall–Kier alpha value is -2.07. The maximum Gasteiger partial charge on any atom is 0.221 e. The molecule has 1 aromatic carbocycles. The Morgan fingerprint density at radius 2 is 2.00 bits per heavy atom. The van der Waals surface area contributed by atoms with Crippen LogP contribution in [0.5, 0.6) is 0 Å². The van der Waals surface area contributed by atoms with Gasteiger partial charge >= 0.3 is 0 Å². The second-order valence-corrected chi connectivity index (χ2v) is 3.95. The molecule has 0 bridgehead atoms. The van der Waals surface area contributed by atoms with Gasteiger partial charge in [0.1, 0.15) is 5.69 Å². The number of halogens is 1. The number of hydrogen-bond acceptors (Lipinski definition) is 4. The average Bonchev–Trinajstić information content (AvgIpc) is 2.83. The lowest BCUT2D eigenvalue weighted by Gasteiger charge is -2.05. The van der Waals surface area contributed by atoms with Crippen molar-refractivity contribution in [1.29, 1.82) is 0 Å². The molecule has 0 saturated carbocycles. The number of furan rings is 1. The Balaban J connectivity index is 2.42. The lowest BCUT2D eigenvalue weighted by atomic mass is 10.1. The van der Waals surface area contributed by atoms with Crippen molar-refractivity contribution in [3.8, 4) is 11.5 Å². The lowest BCUT2D eigenvalue weighted by Crippen LogP contribution is -1.97. The number of nitrogens with zero attached hydrogens (tertiary/aromatic N) is 2. The molecule has 2 heterocycles. The van der Waals surface area contributed by atoms with Crippen LogP contribution in [0.1, 0.15) is 0 Å². The SMILES string of the molecule is Nc1nc(-c2ccco2)c2cccc(Cl)c2n1. The zero-order valence-electron chi connectivity index (χ0n) is 8.72. The largest absolute Gasteiger partial charge is 0.463 e. The topological polar surface area (TPSA) is 64.9 Å². The van der Waals surface area contributed by atoms with E-state index in [-0.39, 0.29) is 5.95 Å². The van der Waals surface area contributed by atoms with E-state index in [9.17, 15) is 0 Å². The predicted octanol–water partition coefficient (Wildman–Crippen LogP) is 3.13. The van der Waals surface area contributed by atoms with Gasteiger partial charge in [0, 0.05) is 5.39 Å². The minimum absolute atomic E-state index is 0.178. The maximum atomic E-state index is 6.09. The number of nitrogens with two attached hydrogens (primary N) is 1. The quantitative estimate of drug-likeness (QED) is 0.715. The van der Waals surface area contributed by atoms with Gasteiger partial charge in [0.2, 0.25) is 5.95 Å². The van der Waals surface area contributed by atoms with Crippen molar-refractivity contribution in [3.63, 3.8) is 0 Å². The van der Waals surface area contributed by atoms with E-state index >= 15 is 0 Å². The highest BCUT2D eigenvalue weighted by molar-refractivity contribution is 6.35. The van der Waals surface area contributed by atoms with Crippen LogP contribution in [0.4, 0.5) is 5.95 Å². The molecule has 4 nitrogen and oxygen atoms in total. The second-order valence-electron chi connectivity index (χ2n) is 3.54. The average molecular weight is 246 g/mol. The molecule has 0 radical (unpaired) electrons. The van der Waals surface area contributed by atoms with Gasteiger partial charge < -0.3 is 10.2 Å². The van der Waals surface area contributed by atoms with Crippen molar-refractivity contribution in [3.05, 3.63) is 41.6 Å². The Kier molecular flexibility index (Phi) is 2.23. The first kappa shape index (κ1) is 10.1. The zero-order chi connectivity index (χ0) is 11.8. The van der Waals surface area contributed by atoms with Gasteiger partial charge in [0.25, 0.3) is 0 Å². The molecule has 0 aliphatic heterocycles. The highest BCUT2D eigenvalue weighted by Crippen LogP contribution is 2.30. The minimum Gasteiger partial charge on any atom is -0.463 e. The molecule has 84 valence electrons. The molecule has 0 unspecified atom stereocenters. The molecule has 0 fully saturated rings. The predicted molar refractivity (Wildman–Crippen MR) is 66.7 cm³/mol. The van der Waals surface area contributed by atoms with Crippen molar-refractivity contribution >= 4 is 28.5 Å². The highest BCUT2D eigenvalue weighted by Gasteiger charge is 2.12. The van der Waals surface area contributed by atoms with Gasteiger partial charge in [-0.05, 0) is 18.2 Å². The Labute approximate surface area is 102 Å². The van der Waals surface area contributed by atoms with Crippen LogP contribution in [0.25, 0.3) is 22.4 Å². The summed E-state index contributed by atoms with van der Waals surface area (Å²) in [5.74, 6) is 0.823. The van der Waals surface area contributed by atoms with Crippen molar-refractivity contribution in [2.24, 2.45) is 0 Å². The first-order valence-corrected chi connectivity index (χ1v) is 5.39. The van der Waals surface area contributed by atoms with Crippen molar-refractivity contribution < 1.29 is 4.42 Å². The lowest BCUT2D eigenvalue weighted by molar-refractivity contribution is 0.581. The standard InChI is InChI=1S/C12H8ClN3O/c13-8-4-1-3-7-10(8)15-12(14)16-11(7)9-5-2-6-17-9/h1-6H,(H2,14,15,16). The van der Waals surface area contributed by atoms with Gasteiger partial charge in [-0.25, -0.2) is 9.97 Å². The molecular formula is C12H8ClN3O. The molecule has 0 amide bonds. The first-order chi connectivity index (χ1) is 8.25. The number of fused-ring (bicyclic) bond motifs is 1. The van der Waals surface area contributed by atoms with Gasteiger partial charge in [0.15, 0.2) is 5.76 Å². The fourth-order valence-corrected chi connectivity index (χ4v) is 1.95. The Morgan fingerprint density at radius 3 is 2.76 bits per heavy atom. The van der Waals surface area contributed by atoms with E-state index < -0.39 is 0 Å². The molecule has 0 aliphatic carbocycles. The summed E-state index contributed by atoms with van der Waals surface area (Å²) in [6.45, 7) is 0. The van der Waals surface area contributed by atoms with E-state index in [0.717, 1.165) is 5.39 Å². The number of para-hydroxylation sites is 1. The summed E-state index contributed by atoms with van der Waals surface area (Å²) in [6, 6.07) is 9.11. The third-order valence-electron chi connectivity index (χ3n) is 2.45. The number of nitrogen functional groups attached to an aromatic ring is 1. The molecular weight excluding hydrogens is 238 g/mol. The van der Waals surface area contributed by atoms with Crippen molar-refractivity contribution in [2.75, 3.05) is 5.73 Å². The maximum absolute atomic E-state index is 6.09. The highest BCUT2D eigenvalue weighted by atomic mass is 35.5. The monoisotopic (exact) mass is 245 g/mol. The zero-order valence-corrected chi connectivity index (χ0v) is 9.48. The number of rotatable bonds is 1. The van der Waals surface area contributed by atoms with Crippen LogP contribution in [-0.2, 0) is 0 Å². The van der Waals surface area contributed by atoms with E-state index in [0.29, 0.717) is 22.0 Å². The minimum atomic E-state index is 0.178. The number of anilines is 1. The number of benzene rings is 1. The summed E-state index contributed by atoms with van der Waals surface area (Å²) < 4.78 is 5.33. The summed E-state index contributed by atoms with van der Waals surface area (Å²) in [5, 5.41) is 1.37. The number of hydrogen-bond donors (Lipinski definition) is 1. The molecule has 17 heavy (non-hydrogen) atoms. The molecule has 0 saturated heterocycles. The van der Waals surface area contributed by atoms with Crippen LogP contribution < -0.4 is 5.73 Å². The van der Waals surface area contributed by atoms with Crippen molar-refractivity contribution in [1.82, 2.24) is 9.97 Å². The van der Waals surface area contributed by atoms with E-state index in [1.807, 2.05) is 18.2 Å². The fourth-order valence-electron chi connectivity index (χ4n) is 1.74. The van der Waals surface area contributed by atoms with E-state index in [2.05, 4.69) is 9.97 Å². The smallest absolute Gasteiger partial charge is 0.221 e. The fraction of sp³-hybridized carbons (Fsp3) is 0. The summed E-state index contributed by atoms with van der Waals surface area (Å²) in [5.41, 5.74) is 6.96. The van der Waals surface area contributed by atoms with Gasteiger partial charge in [-0.2, -0.15) is 0 Å². The molecule has 3 rings (SSSR count). The molecule has 2 N–H and O–H groups in total. The molecule has 2 aromatic heterocycles.